The molecule has 126 valence electrons. The third kappa shape index (κ3) is 3.28. The molecule has 0 saturated carbocycles. The average Bonchev–Trinajstić information content (AvgIpc) is 3.07. The molecule has 1 amide bonds. The minimum atomic E-state index is -0.980. The lowest BCUT2D eigenvalue weighted by Crippen LogP contribution is -2.39. The number of hydrogen-bond acceptors (Lipinski definition) is 3. The summed E-state index contributed by atoms with van der Waals surface area (Å²) in [6.45, 7) is 3.12. The van der Waals surface area contributed by atoms with E-state index in [1.165, 1.54) is 6.20 Å². The second-order valence-corrected chi connectivity index (χ2v) is 6.41. The van der Waals surface area contributed by atoms with Crippen molar-refractivity contribution in [1.82, 2.24) is 14.7 Å². The molecule has 0 bridgehead atoms. The fraction of sp³-hybridized carbons (Fsp3) is 0.353. The molecule has 0 aliphatic carbocycles. The van der Waals surface area contributed by atoms with Gasteiger partial charge in [-0.3, -0.25) is 9.48 Å². The number of carboxylic acid groups (broad SMARTS) is 1. The standard InChI is InChI=1S/C17H18ClN3O3/c1-11-8-12(2-3-15(11)18)16(22)20-6-4-14(5-7-20)21-10-13(9-19-21)17(23)24/h2-3,8-10,14H,4-7H2,1H3,(H,23,24). The molecule has 0 unspecified atom stereocenters. The summed E-state index contributed by atoms with van der Waals surface area (Å²) in [5.74, 6) is -0.980. The highest BCUT2D eigenvalue weighted by molar-refractivity contribution is 6.31. The van der Waals surface area contributed by atoms with Crippen molar-refractivity contribution in [3.05, 3.63) is 52.3 Å². The van der Waals surface area contributed by atoms with Gasteiger partial charge in [-0.05, 0) is 43.5 Å². The van der Waals surface area contributed by atoms with Gasteiger partial charge in [0.15, 0.2) is 0 Å². The Bertz CT molecular complexity index is 779. The summed E-state index contributed by atoms with van der Waals surface area (Å²) >= 11 is 6.01. The Kier molecular flexibility index (Phi) is 4.57. The van der Waals surface area contributed by atoms with Gasteiger partial charge in [0.2, 0.25) is 0 Å². The molecule has 1 aromatic heterocycles. The van der Waals surface area contributed by atoms with Crippen LogP contribution < -0.4 is 0 Å². The normalized spacial score (nSPS) is 15.5. The van der Waals surface area contributed by atoms with Gasteiger partial charge in [-0.25, -0.2) is 4.79 Å². The van der Waals surface area contributed by atoms with Gasteiger partial charge < -0.3 is 10.0 Å². The van der Waals surface area contributed by atoms with Crippen molar-refractivity contribution in [2.45, 2.75) is 25.8 Å². The van der Waals surface area contributed by atoms with E-state index in [1.54, 1.807) is 23.0 Å². The predicted octanol–water partition coefficient (Wildman–Crippen LogP) is 3.02. The van der Waals surface area contributed by atoms with E-state index >= 15 is 0 Å². The fourth-order valence-corrected chi connectivity index (χ4v) is 3.06. The largest absolute Gasteiger partial charge is 0.478 e. The number of aromatic carboxylic acids is 1. The van der Waals surface area contributed by atoms with E-state index in [1.807, 2.05) is 17.9 Å². The van der Waals surface area contributed by atoms with E-state index in [-0.39, 0.29) is 17.5 Å². The first kappa shape index (κ1) is 16.5. The number of carboxylic acids is 1. The quantitative estimate of drug-likeness (QED) is 0.926. The highest BCUT2D eigenvalue weighted by Crippen LogP contribution is 2.24. The summed E-state index contributed by atoms with van der Waals surface area (Å²) in [5.41, 5.74) is 1.71. The van der Waals surface area contributed by atoms with Crippen LogP contribution in [0.3, 0.4) is 0 Å². The topological polar surface area (TPSA) is 75.4 Å². The number of aromatic nitrogens is 2. The molecule has 1 saturated heterocycles. The van der Waals surface area contributed by atoms with Crippen molar-refractivity contribution in [2.24, 2.45) is 0 Å². The molecule has 0 spiro atoms. The highest BCUT2D eigenvalue weighted by Gasteiger charge is 2.25. The van der Waals surface area contributed by atoms with Crippen molar-refractivity contribution < 1.29 is 14.7 Å². The summed E-state index contributed by atoms with van der Waals surface area (Å²) < 4.78 is 1.69. The molecule has 24 heavy (non-hydrogen) atoms. The van der Waals surface area contributed by atoms with Crippen LogP contribution in [0.25, 0.3) is 0 Å². The summed E-state index contributed by atoms with van der Waals surface area (Å²) in [5, 5.41) is 13.7. The molecule has 2 heterocycles. The molecule has 6 nitrogen and oxygen atoms in total. The lowest BCUT2D eigenvalue weighted by atomic mass is 10.0. The van der Waals surface area contributed by atoms with Gasteiger partial charge in [-0.1, -0.05) is 11.6 Å². The zero-order chi connectivity index (χ0) is 17.3. The fourth-order valence-electron chi connectivity index (χ4n) is 2.94. The number of carbonyl (C=O) groups is 2. The number of halogens is 1. The van der Waals surface area contributed by atoms with Gasteiger partial charge in [-0.15, -0.1) is 0 Å². The number of benzene rings is 1. The van der Waals surface area contributed by atoms with Crippen molar-refractivity contribution in [1.29, 1.82) is 0 Å². The Morgan fingerprint density at radius 1 is 1.25 bits per heavy atom. The van der Waals surface area contributed by atoms with Crippen LogP contribution in [0, 0.1) is 6.92 Å². The Hall–Kier alpha value is -2.34. The van der Waals surface area contributed by atoms with Gasteiger partial charge in [0.1, 0.15) is 0 Å². The first-order valence-corrected chi connectivity index (χ1v) is 8.16. The van der Waals surface area contributed by atoms with Gasteiger partial charge >= 0.3 is 5.97 Å². The van der Waals surface area contributed by atoms with Crippen LogP contribution >= 0.6 is 11.6 Å². The van der Waals surface area contributed by atoms with Crippen LogP contribution in [-0.2, 0) is 0 Å². The minimum Gasteiger partial charge on any atom is -0.478 e. The van der Waals surface area contributed by atoms with E-state index in [9.17, 15) is 9.59 Å². The number of likely N-dealkylation sites (tertiary alicyclic amines) is 1. The van der Waals surface area contributed by atoms with Crippen LogP contribution in [0.15, 0.2) is 30.6 Å². The molecular formula is C17H18ClN3O3. The Morgan fingerprint density at radius 3 is 2.54 bits per heavy atom. The Morgan fingerprint density at radius 2 is 1.96 bits per heavy atom. The second kappa shape index (κ2) is 6.65. The molecule has 2 aromatic rings. The summed E-state index contributed by atoms with van der Waals surface area (Å²) in [6.07, 6.45) is 4.40. The number of amides is 1. The van der Waals surface area contributed by atoms with E-state index < -0.39 is 5.97 Å². The Balaban J connectivity index is 1.64. The molecule has 0 atom stereocenters. The monoisotopic (exact) mass is 347 g/mol. The maximum atomic E-state index is 12.6. The molecule has 3 rings (SSSR count). The molecule has 1 aliphatic heterocycles. The third-order valence-corrected chi connectivity index (χ3v) is 4.80. The minimum absolute atomic E-state index is 0.0000861. The lowest BCUT2D eigenvalue weighted by Gasteiger charge is -2.32. The molecule has 1 aliphatic rings. The number of hydrogen-bond donors (Lipinski definition) is 1. The van der Waals surface area contributed by atoms with Crippen LogP contribution in [0.1, 0.15) is 45.2 Å². The van der Waals surface area contributed by atoms with Crippen molar-refractivity contribution in [2.75, 3.05) is 13.1 Å². The smallest absolute Gasteiger partial charge is 0.338 e. The maximum absolute atomic E-state index is 12.6. The zero-order valence-corrected chi connectivity index (χ0v) is 14.0. The predicted molar refractivity (Wildman–Crippen MR) is 89.5 cm³/mol. The molecule has 1 N–H and O–H groups in total. The number of nitrogens with zero attached hydrogens (tertiary/aromatic N) is 3. The number of piperidine rings is 1. The van der Waals surface area contributed by atoms with Crippen LogP contribution in [0.5, 0.6) is 0 Å². The molecule has 7 heteroatoms. The van der Waals surface area contributed by atoms with Gasteiger partial charge in [-0.2, -0.15) is 5.10 Å². The Labute approximate surface area is 144 Å². The second-order valence-electron chi connectivity index (χ2n) is 6.00. The van der Waals surface area contributed by atoms with Crippen LogP contribution in [0.4, 0.5) is 0 Å². The van der Waals surface area contributed by atoms with Gasteiger partial charge in [0, 0.05) is 29.9 Å². The van der Waals surface area contributed by atoms with Crippen molar-refractivity contribution in [3.63, 3.8) is 0 Å². The lowest BCUT2D eigenvalue weighted by molar-refractivity contribution is 0.0688. The first-order valence-electron chi connectivity index (χ1n) is 7.78. The molecule has 1 aromatic carbocycles. The SMILES string of the molecule is Cc1cc(C(=O)N2CCC(n3cc(C(=O)O)cn3)CC2)ccc1Cl. The van der Waals surface area contributed by atoms with E-state index in [0.717, 1.165) is 18.4 Å². The van der Waals surface area contributed by atoms with E-state index in [4.69, 9.17) is 16.7 Å². The molecule has 0 radical (unpaired) electrons. The first-order chi connectivity index (χ1) is 11.5. The maximum Gasteiger partial charge on any atom is 0.338 e. The number of carbonyl (C=O) groups excluding carboxylic acids is 1. The number of rotatable bonds is 3. The van der Waals surface area contributed by atoms with Gasteiger partial charge in [0.05, 0.1) is 17.8 Å². The third-order valence-electron chi connectivity index (χ3n) is 4.38. The zero-order valence-electron chi connectivity index (χ0n) is 13.3. The van der Waals surface area contributed by atoms with Gasteiger partial charge in [0.25, 0.3) is 5.91 Å². The summed E-state index contributed by atoms with van der Waals surface area (Å²) in [7, 11) is 0. The summed E-state index contributed by atoms with van der Waals surface area (Å²) in [6, 6.07) is 5.42. The van der Waals surface area contributed by atoms with Crippen molar-refractivity contribution >= 4 is 23.5 Å². The van der Waals surface area contributed by atoms with E-state index in [2.05, 4.69) is 5.10 Å². The molecular weight excluding hydrogens is 330 g/mol. The van der Waals surface area contributed by atoms with Crippen molar-refractivity contribution in [3.8, 4) is 0 Å². The highest BCUT2D eigenvalue weighted by atomic mass is 35.5. The number of aryl methyl sites for hydroxylation is 1. The van der Waals surface area contributed by atoms with Crippen LogP contribution in [-0.4, -0.2) is 44.8 Å². The van der Waals surface area contributed by atoms with E-state index in [0.29, 0.717) is 23.7 Å². The average molecular weight is 348 g/mol. The summed E-state index contributed by atoms with van der Waals surface area (Å²) in [4.78, 5) is 25.3. The molecule has 1 fully saturated rings. The van der Waals surface area contributed by atoms with Crippen LogP contribution in [0.2, 0.25) is 5.02 Å².